The lowest BCUT2D eigenvalue weighted by molar-refractivity contribution is -0.392. The highest BCUT2D eigenvalue weighted by Crippen LogP contribution is 2.24. The quantitative estimate of drug-likeness (QED) is 0.294. The molecule has 0 spiro atoms. The number of imidazole rings is 1. The van der Waals surface area contributed by atoms with E-state index in [4.69, 9.17) is 16.3 Å². The fourth-order valence-electron chi connectivity index (χ4n) is 1.97. The average Bonchev–Trinajstić information content (AvgIpc) is 2.95. The number of hydrogen-bond acceptors (Lipinski definition) is 8. The average molecular weight is 406 g/mol. The number of carbonyl (C=O) groups is 1. The Labute approximate surface area is 155 Å². The lowest BCUT2D eigenvalue weighted by Crippen LogP contribution is -2.50. The zero-order chi connectivity index (χ0) is 20.0. The Balaban J connectivity index is 1.92. The van der Waals surface area contributed by atoms with Crippen LogP contribution in [-0.4, -0.2) is 48.7 Å². The van der Waals surface area contributed by atoms with Gasteiger partial charge in [0.15, 0.2) is 12.0 Å². The number of anilines is 1. The molecule has 1 amide bonds. The predicted molar refractivity (Wildman–Crippen MR) is 88.3 cm³/mol. The van der Waals surface area contributed by atoms with Crippen LogP contribution in [0.2, 0.25) is 0 Å². The maximum Gasteiger partial charge on any atom is 0.409 e. The Kier molecular flexibility index (Phi) is 6.39. The van der Waals surface area contributed by atoms with Crippen LogP contribution in [0.15, 0.2) is 24.7 Å². The molecule has 14 heteroatoms. The van der Waals surface area contributed by atoms with E-state index >= 15 is 0 Å². The number of alkyl halides is 3. The van der Waals surface area contributed by atoms with Crippen LogP contribution in [-0.2, 0) is 11.3 Å². The van der Waals surface area contributed by atoms with Crippen molar-refractivity contribution in [2.45, 2.75) is 25.0 Å². The first-order chi connectivity index (χ1) is 12.7. The lowest BCUT2D eigenvalue weighted by atomic mass is 10.5. The van der Waals surface area contributed by atoms with Crippen LogP contribution < -0.4 is 10.6 Å². The van der Waals surface area contributed by atoms with Crippen molar-refractivity contribution in [3.8, 4) is 0 Å². The van der Waals surface area contributed by atoms with Crippen molar-refractivity contribution < 1.29 is 23.2 Å². The number of halogens is 3. The molecule has 2 heterocycles. The fourth-order valence-corrected chi connectivity index (χ4v) is 2.08. The summed E-state index contributed by atoms with van der Waals surface area (Å²) in [5.74, 6) is -0.142. The van der Waals surface area contributed by atoms with Gasteiger partial charge in [-0.2, -0.15) is 8.78 Å². The number of nitro groups is 1. The highest BCUT2D eigenvalue weighted by molar-refractivity contribution is 6.22. The number of aryl methyl sites for hydroxylation is 1. The van der Waals surface area contributed by atoms with Gasteiger partial charge in [0.2, 0.25) is 5.95 Å². The van der Waals surface area contributed by atoms with Gasteiger partial charge in [-0.3, -0.25) is 5.32 Å². The molecular weight excluding hydrogens is 392 g/mol. The zero-order valence-corrected chi connectivity index (χ0v) is 14.6. The van der Waals surface area contributed by atoms with E-state index < -0.39 is 22.6 Å². The standard InChI is InChI=1S/C13H14ClF2N7O4/c1-8-19-7-9(23(25)26)22(8)5-6-27-12(24)21-10(13(14,15)16)20-11-17-3-2-4-18-11/h2-4,7,10H,5-6H2,1H3,(H,21,24)(H,17,18,20). The number of carbonyl (C=O) groups excluding carboxylic acids is 1. The molecule has 146 valence electrons. The van der Waals surface area contributed by atoms with Crippen molar-refractivity contribution in [3.05, 3.63) is 40.6 Å². The summed E-state index contributed by atoms with van der Waals surface area (Å²) in [6.45, 7) is 1.11. The third-order valence-corrected chi connectivity index (χ3v) is 3.42. The van der Waals surface area contributed by atoms with Crippen LogP contribution in [0.3, 0.4) is 0 Å². The maximum absolute atomic E-state index is 13.5. The molecule has 0 fully saturated rings. The monoisotopic (exact) mass is 405 g/mol. The Morgan fingerprint density at radius 2 is 2.11 bits per heavy atom. The van der Waals surface area contributed by atoms with Gasteiger partial charge in [-0.15, -0.1) is 0 Å². The van der Waals surface area contributed by atoms with Crippen molar-refractivity contribution in [2.75, 3.05) is 11.9 Å². The van der Waals surface area contributed by atoms with Gasteiger partial charge in [-0.25, -0.2) is 24.3 Å². The number of nitrogens with zero attached hydrogens (tertiary/aromatic N) is 5. The summed E-state index contributed by atoms with van der Waals surface area (Å²) in [7, 11) is 0. The van der Waals surface area contributed by atoms with E-state index in [1.807, 2.05) is 5.32 Å². The molecule has 2 rings (SSSR count). The molecule has 11 nitrogen and oxygen atoms in total. The largest absolute Gasteiger partial charge is 0.445 e. The number of aromatic nitrogens is 4. The minimum Gasteiger partial charge on any atom is -0.445 e. The van der Waals surface area contributed by atoms with Gasteiger partial charge in [0.05, 0.1) is 0 Å². The number of amides is 1. The lowest BCUT2D eigenvalue weighted by Gasteiger charge is -2.23. The molecule has 0 radical (unpaired) electrons. The topological polar surface area (TPSA) is 137 Å². The first kappa shape index (κ1) is 20.2. The Morgan fingerprint density at radius 3 is 2.70 bits per heavy atom. The second-order valence-electron chi connectivity index (χ2n) is 5.04. The van der Waals surface area contributed by atoms with Crippen LogP contribution in [0.5, 0.6) is 0 Å². The van der Waals surface area contributed by atoms with E-state index in [0.717, 1.165) is 6.20 Å². The molecule has 0 aromatic carbocycles. The summed E-state index contributed by atoms with van der Waals surface area (Å²) in [6.07, 6.45) is 0.389. The molecule has 2 aromatic rings. The Morgan fingerprint density at radius 1 is 1.44 bits per heavy atom. The second kappa shape index (κ2) is 8.53. The number of rotatable bonds is 8. The maximum atomic E-state index is 13.5. The van der Waals surface area contributed by atoms with Crippen molar-refractivity contribution in [1.29, 1.82) is 0 Å². The van der Waals surface area contributed by atoms with Crippen LogP contribution >= 0.6 is 11.6 Å². The molecule has 0 aliphatic rings. The minimum absolute atomic E-state index is 0.0905. The van der Waals surface area contributed by atoms with Gasteiger partial charge in [-0.1, -0.05) is 0 Å². The van der Waals surface area contributed by atoms with Crippen molar-refractivity contribution in [1.82, 2.24) is 24.8 Å². The van der Waals surface area contributed by atoms with Crippen LogP contribution in [0.25, 0.3) is 0 Å². The number of ether oxygens (including phenoxy) is 1. The highest BCUT2D eigenvalue weighted by atomic mass is 35.5. The third kappa shape index (κ3) is 5.70. The molecule has 0 bridgehead atoms. The zero-order valence-electron chi connectivity index (χ0n) is 13.8. The van der Waals surface area contributed by atoms with Crippen LogP contribution in [0.4, 0.5) is 25.3 Å². The highest BCUT2D eigenvalue weighted by Gasteiger charge is 2.39. The summed E-state index contributed by atoms with van der Waals surface area (Å²) in [4.78, 5) is 33.2. The predicted octanol–water partition coefficient (Wildman–Crippen LogP) is 1.89. The molecule has 0 aliphatic heterocycles. The van der Waals surface area contributed by atoms with Gasteiger partial charge in [-0.05, 0) is 22.6 Å². The van der Waals surface area contributed by atoms with Crippen molar-refractivity contribution >= 4 is 29.5 Å². The molecular formula is C13H14ClF2N7O4. The molecule has 1 atom stereocenters. The Bertz CT molecular complexity index is 800. The molecule has 2 aromatic heterocycles. The normalized spacial score (nSPS) is 12.3. The number of hydrogen-bond donors (Lipinski definition) is 2. The van der Waals surface area contributed by atoms with Crippen LogP contribution in [0.1, 0.15) is 5.82 Å². The van der Waals surface area contributed by atoms with Crippen molar-refractivity contribution in [3.63, 3.8) is 0 Å². The van der Waals surface area contributed by atoms with Gasteiger partial charge in [0.1, 0.15) is 19.3 Å². The van der Waals surface area contributed by atoms with Gasteiger partial charge in [0, 0.05) is 19.3 Å². The SMILES string of the molecule is Cc1ncc([N+](=O)[O-])n1CCOC(=O)NC(Nc1ncccn1)C(F)(F)Cl. The molecule has 0 saturated carbocycles. The third-order valence-electron chi connectivity index (χ3n) is 3.20. The smallest absolute Gasteiger partial charge is 0.409 e. The van der Waals surface area contributed by atoms with Gasteiger partial charge < -0.3 is 20.2 Å². The summed E-state index contributed by atoms with van der Waals surface area (Å²) < 4.78 is 32.9. The van der Waals surface area contributed by atoms with Gasteiger partial charge in [0.25, 0.3) is 0 Å². The molecule has 0 aliphatic carbocycles. The fraction of sp³-hybridized carbons (Fsp3) is 0.385. The first-order valence-electron chi connectivity index (χ1n) is 7.38. The summed E-state index contributed by atoms with van der Waals surface area (Å²) >= 11 is 4.98. The van der Waals surface area contributed by atoms with E-state index in [2.05, 4.69) is 20.3 Å². The van der Waals surface area contributed by atoms with E-state index in [9.17, 15) is 23.7 Å². The number of alkyl carbamates (subject to hydrolysis) is 1. The van der Waals surface area contributed by atoms with E-state index in [0.29, 0.717) is 5.82 Å². The number of nitrogens with one attached hydrogen (secondary N) is 2. The molecule has 0 saturated heterocycles. The summed E-state index contributed by atoms with van der Waals surface area (Å²) in [5.41, 5.74) is 0. The first-order valence-corrected chi connectivity index (χ1v) is 7.76. The molecule has 27 heavy (non-hydrogen) atoms. The van der Waals surface area contributed by atoms with E-state index in [1.54, 1.807) is 0 Å². The van der Waals surface area contributed by atoms with Crippen molar-refractivity contribution in [2.24, 2.45) is 0 Å². The Hall–Kier alpha value is -3.09. The second-order valence-corrected chi connectivity index (χ2v) is 5.55. The summed E-state index contributed by atoms with van der Waals surface area (Å²) in [5, 5.41) is 11.0. The van der Waals surface area contributed by atoms with E-state index in [-0.39, 0.29) is 24.9 Å². The summed E-state index contributed by atoms with van der Waals surface area (Å²) in [6, 6.07) is 1.47. The minimum atomic E-state index is -3.88. The van der Waals surface area contributed by atoms with E-state index in [1.165, 1.54) is 30.0 Å². The molecule has 2 N–H and O–H groups in total. The molecule has 1 unspecified atom stereocenters. The van der Waals surface area contributed by atoms with Gasteiger partial charge >= 0.3 is 17.3 Å². The van der Waals surface area contributed by atoms with Crippen LogP contribution in [0, 0.1) is 17.0 Å².